The van der Waals surface area contributed by atoms with Gasteiger partial charge in [-0.15, -0.1) is 0 Å². The predicted molar refractivity (Wildman–Crippen MR) is 69.8 cm³/mol. The summed E-state index contributed by atoms with van der Waals surface area (Å²) in [5.74, 6) is 0. The Kier molecular flexibility index (Phi) is 5.11. The van der Waals surface area contributed by atoms with Crippen LogP contribution in [0.25, 0.3) is 0 Å². The lowest BCUT2D eigenvalue weighted by Crippen LogP contribution is -2.50. The van der Waals surface area contributed by atoms with E-state index in [1.54, 1.807) is 0 Å². The molecular formula is C14H28N2. The molecule has 2 nitrogen and oxygen atoms in total. The average molecular weight is 224 g/mol. The van der Waals surface area contributed by atoms with Crippen LogP contribution in [-0.2, 0) is 0 Å². The Morgan fingerprint density at radius 1 is 1.12 bits per heavy atom. The molecule has 0 bridgehead atoms. The fraction of sp³-hybridized carbons (Fsp3) is 1.00. The van der Waals surface area contributed by atoms with Gasteiger partial charge < -0.3 is 5.32 Å². The summed E-state index contributed by atoms with van der Waals surface area (Å²) in [7, 11) is 0. The van der Waals surface area contributed by atoms with Crippen LogP contribution in [-0.4, -0.2) is 36.6 Å². The molecule has 0 saturated carbocycles. The van der Waals surface area contributed by atoms with Crippen LogP contribution < -0.4 is 5.32 Å². The molecule has 2 rings (SSSR count). The van der Waals surface area contributed by atoms with Crippen molar-refractivity contribution in [2.45, 2.75) is 70.4 Å². The van der Waals surface area contributed by atoms with Crippen LogP contribution in [0.1, 0.15) is 58.3 Å². The molecule has 0 aromatic carbocycles. The minimum absolute atomic E-state index is 0.807. The van der Waals surface area contributed by atoms with E-state index >= 15 is 0 Å². The molecule has 0 spiro atoms. The van der Waals surface area contributed by atoms with E-state index in [9.17, 15) is 0 Å². The van der Waals surface area contributed by atoms with Crippen molar-refractivity contribution in [3.8, 4) is 0 Å². The Balaban J connectivity index is 1.81. The Morgan fingerprint density at radius 3 is 2.81 bits per heavy atom. The number of nitrogens with one attached hydrogen (secondary N) is 1. The van der Waals surface area contributed by atoms with E-state index < -0.39 is 0 Å². The van der Waals surface area contributed by atoms with Gasteiger partial charge in [0.25, 0.3) is 0 Å². The third-order valence-corrected chi connectivity index (χ3v) is 4.28. The molecule has 2 unspecified atom stereocenters. The third-order valence-electron chi connectivity index (χ3n) is 4.28. The van der Waals surface area contributed by atoms with E-state index in [4.69, 9.17) is 0 Å². The highest BCUT2D eigenvalue weighted by molar-refractivity contribution is 4.90. The monoisotopic (exact) mass is 224 g/mol. The van der Waals surface area contributed by atoms with Crippen molar-refractivity contribution in [1.29, 1.82) is 0 Å². The van der Waals surface area contributed by atoms with Crippen molar-refractivity contribution in [1.82, 2.24) is 10.2 Å². The van der Waals surface area contributed by atoms with Gasteiger partial charge in [0.1, 0.15) is 0 Å². The van der Waals surface area contributed by atoms with Crippen LogP contribution >= 0.6 is 0 Å². The van der Waals surface area contributed by atoms with Gasteiger partial charge in [0.15, 0.2) is 0 Å². The molecule has 2 heterocycles. The molecule has 0 amide bonds. The maximum Gasteiger partial charge on any atom is 0.0249 e. The quantitative estimate of drug-likeness (QED) is 0.722. The second kappa shape index (κ2) is 6.61. The van der Waals surface area contributed by atoms with Gasteiger partial charge >= 0.3 is 0 Å². The first-order valence-corrected chi connectivity index (χ1v) is 7.39. The lowest BCUT2D eigenvalue weighted by atomic mass is 9.94. The molecule has 2 aliphatic heterocycles. The molecule has 2 heteroatoms. The van der Waals surface area contributed by atoms with Crippen molar-refractivity contribution >= 4 is 0 Å². The molecule has 2 fully saturated rings. The number of hydrogen-bond acceptors (Lipinski definition) is 2. The molecule has 1 N–H and O–H groups in total. The van der Waals surface area contributed by atoms with Crippen molar-refractivity contribution in [3.63, 3.8) is 0 Å². The van der Waals surface area contributed by atoms with Crippen LogP contribution in [0.3, 0.4) is 0 Å². The molecule has 0 radical (unpaired) electrons. The van der Waals surface area contributed by atoms with E-state index in [2.05, 4.69) is 17.1 Å². The summed E-state index contributed by atoms with van der Waals surface area (Å²) in [6.45, 7) is 6.25. The molecule has 2 saturated heterocycles. The largest absolute Gasteiger partial charge is 0.312 e. The highest BCUT2D eigenvalue weighted by atomic mass is 15.2. The molecule has 2 atom stereocenters. The first-order valence-electron chi connectivity index (χ1n) is 7.39. The van der Waals surface area contributed by atoms with E-state index in [-0.39, 0.29) is 0 Å². The summed E-state index contributed by atoms with van der Waals surface area (Å²) in [5.41, 5.74) is 0. The first-order chi connectivity index (χ1) is 7.92. The number of unbranched alkanes of at least 4 members (excludes halogenated alkanes) is 2. The summed E-state index contributed by atoms with van der Waals surface area (Å²) in [5, 5.41) is 3.71. The smallest absolute Gasteiger partial charge is 0.0249 e. The Hall–Kier alpha value is -0.0800. The Labute approximate surface area is 101 Å². The van der Waals surface area contributed by atoms with Gasteiger partial charge in [-0.2, -0.15) is 0 Å². The van der Waals surface area contributed by atoms with Gasteiger partial charge in [-0.3, -0.25) is 4.90 Å². The fourth-order valence-electron chi connectivity index (χ4n) is 3.35. The zero-order valence-corrected chi connectivity index (χ0v) is 10.9. The van der Waals surface area contributed by atoms with Gasteiger partial charge in [0.2, 0.25) is 0 Å². The van der Waals surface area contributed by atoms with Crippen LogP contribution in [0, 0.1) is 0 Å². The standard InChI is InChI=1S/C14H28N2/c1-2-3-5-11-16-12-6-4-9-14(16)13-8-7-10-15-13/h13-15H,2-12H2,1H3. The van der Waals surface area contributed by atoms with E-state index in [0.717, 1.165) is 12.1 Å². The number of likely N-dealkylation sites (tertiary alicyclic amines) is 1. The second-order valence-corrected chi connectivity index (χ2v) is 5.51. The maximum absolute atomic E-state index is 3.71. The minimum atomic E-state index is 0.807. The average Bonchev–Trinajstić information content (AvgIpc) is 2.83. The van der Waals surface area contributed by atoms with Crippen molar-refractivity contribution in [2.24, 2.45) is 0 Å². The number of piperidine rings is 1. The van der Waals surface area contributed by atoms with Gasteiger partial charge in [-0.25, -0.2) is 0 Å². The van der Waals surface area contributed by atoms with Crippen molar-refractivity contribution in [3.05, 3.63) is 0 Å². The lowest BCUT2D eigenvalue weighted by molar-refractivity contribution is 0.118. The topological polar surface area (TPSA) is 15.3 Å². The van der Waals surface area contributed by atoms with Gasteiger partial charge in [-0.05, 0) is 51.7 Å². The molecule has 16 heavy (non-hydrogen) atoms. The fourth-order valence-corrected chi connectivity index (χ4v) is 3.35. The normalized spacial score (nSPS) is 32.1. The first kappa shape index (κ1) is 12.4. The van der Waals surface area contributed by atoms with Crippen LogP contribution in [0.2, 0.25) is 0 Å². The summed E-state index contributed by atoms with van der Waals surface area (Å²) in [6, 6.07) is 1.66. The van der Waals surface area contributed by atoms with E-state index in [0.29, 0.717) is 0 Å². The molecular weight excluding hydrogens is 196 g/mol. The molecule has 2 aliphatic rings. The minimum Gasteiger partial charge on any atom is -0.312 e. The number of nitrogens with zero attached hydrogens (tertiary/aromatic N) is 1. The van der Waals surface area contributed by atoms with Crippen LogP contribution in [0.15, 0.2) is 0 Å². The molecule has 0 aromatic heterocycles. The van der Waals surface area contributed by atoms with Crippen LogP contribution in [0.5, 0.6) is 0 Å². The summed E-state index contributed by atoms with van der Waals surface area (Å²) < 4.78 is 0. The maximum atomic E-state index is 3.71. The number of hydrogen-bond donors (Lipinski definition) is 1. The molecule has 0 aromatic rings. The van der Waals surface area contributed by atoms with Crippen LogP contribution in [0.4, 0.5) is 0 Å². The van der Waals surface area contributed by atoms with E-state index in [1.807, 2.05) is 0 Å². The lowest BCUT2D eigenvalue weighted by Gasteiger charge is -2.39. The van der Waals surface area contributed by atoms with Gasteiger partial charge in [-0.1, -0.05) is 26.2 Å². The SMILES string of the molecule is CCCCCN1CCCCC1C1CCCN1. The Morgan fingerprint density at radius 2 is 2.06 bits per heavy atom. The molecule has 94 valence electrons. The highest BCUT2D eigenvalue weighted by Gasteiger charge is 2.30. The van der Waals surface area contributed by atoms with E-state index in [1.165, 1.54) is 71.0 Å². The molecule has 0 aliphatic carbocycles. The predicted octanol–water partition coefficient (Wildman–Crippen LogP) is 2.78. The Bertz CT molecular complexity index is 187. The zero-order chi connectivity index (χ0) is 11.2. The van der Waals surface area contributed by atoms with Gasteiger partial charge in [0, 0.05) is 12.1 Å². The summed E-state index contributed by atoms with van der Waals surface area (Å²) in [4.78, 5) is 2.78. The summed E-state index contributed by atoms with van der Waals surface area (Å²) in [6.07, 6.45) is 11.3. The highest BCUT2D eigenvalue weighted by Crippen LogP contribution is 2.24. The van der Waals surface area contributed by atoms with Gasteiger partial charge in [0.05, 0.1) is 0 Å². The third kappa shape index (κ3) is 3.21. The number of rotatable bonds is 5. The second-order valence-electron chi connectivity index (χ2n) is 5.51. The zero-order valence-electron chi connectivity index (χ0n) is 10.9. The summed E-state index contributed by atoms with van der Waals surface area (Å²) >= 11 is 0. The van der Waals surface area contributed by atoms with Crippen molar-refractivity contribution in [2.75, 3.05) is 19.6 Å². The van der Waals surface area contributed by atoms with Crippen molar-refractivity contribution < 1.29 is 0 Å².